The summed E-state index contributed by atoms with van der Waals surface area (Å²) in [5, 5.41) is 9.11. The van der Waals surface area contributed by atoms with E-state index in [2.05, 4.69) is 41.3 Å². The van der Waals surface area contributed by atoms with Crippen LogP contribution in [-0.2, 0) is 13.1 Å². The minimum absolute atomic E-state index is 0.694. The van der Waals surface area contributed by atoms with Crippen LogP contribution in [0.1, 0.15) is 42.4 Å². The SMILES string of the molecule is N#Cc1ccc(CN(Cc2cccc(Oc3ccccc3)c2)CC2CCC(CN)CC2)cc1. The summed E-state index contributed by atoms with van der Waals surface area (Å²) in [5.41, 5.74) is 9.09. The van der Waals surface area contributed by atoms with E-state index in [1.807, 2.05) is 48.5 Å². The van der Waals surface area contributed by atoms with E-state index < -0.39 is 0 Å². The molecule has 0 aliphatic heterocycles. The van der Waals surface area contributed by atoms with Crippen molar-refractivity contribution >= 4 is 0 Å². The third-order valence-electron chi connectivity index (χ3n) is 6.59. The summed E-state index contributed by atoms with van der Waals surface area (Å²) in [6.45, 7) is 3.62. The summed E-state index contributed by atoms with van der Waals surface area (Å²) in [6.07, 6.45) is 4.99. The van der Waals surface area contributed by atoms with E-state index in [4.69, 9.17) is 15.7 Å². The molecule has 0 heterocycles. The maximum atomic E-state index is 9.11. The highest BCUT2D eigenvalue weighted by molar-refractivity contribution is 5.34. The first-order valence-electron chi connectivity index (χ1n) is 11.9. The third kappa shape index (κ3) is 6.92. The molecular formula is C29H33N3O. The topological polar surface area (TPSA) is 62.3 Å². The zero-order valence-corrected chi connectivity index (χ0v) is 19.2. The Morgan fingerprint density at radius 1 is 0.788 bits per heavy atom. The van der Waals surface area contributed by atoms with Crippen molar-refractivity contribution in [2.75, 3.05) is 13.1 Å². The zero-order valence-electron chi connectivity index (χ0n) is 19.2. The number of hydrogen-bond donors (Lipinski definition) is 1. The summed E-state index contributed by atoms with van der Waals surface area (Å²) in [5.74, 6) is 3.11. The van der Waals surface area contributed by atoms with Gasteiger partial charge in [-0.1, -0.05) is 42.5 Å². The Kier molecular flexibility index (Phi) is 8.14. The second-order valence-electron chi connectivity index (χ2n) is 9.16. The lowest BCUT2D eigenvalue weighted by atomic mass is 9.82. The highest BCUT2D eigenvalue weighted by Crippen LogP contribution is 2.30. The summed E-state index contributed by atoms with van der Waals surface area (Å²) in [7, 11) is 0. The number of hydrogen-bond acceptors (Lipinski definition) is 4. The Hall–Kier alpha value is -3.13. The molecule has 2 N–H and O–H groups in total. The van der Waals surface area contributed by atoms with Crippen LogP contribution >= 0.6 is 0 Å². The standard InChI is InChI=1S/C29H33N3O/c30-18-23-9-13-25(14-10-23)20-32(21-26-15-11-24(19-31)12-16-26)22-27-5-4-8-29(17-27)33-28-6-2-1-3-7-28/h1-10,13-14,17,24,26H,11-12,15-16,19-22,31H2. The van der Waals surface area contributed by atoms with Crippen molar-refractivity contribution in [3.63, 3.8) is 0 Å². The average molecular weight is 440 g/mol. The molecule has 0 amide bonds. The van der Waals surface area contributed by atoms with Crippen molar-refractivity contribution in [2.24, 2.45) is 17.6 Å². The lowest BCUT2D eigenvalue weighted by Gasteiger charge is -2.32. The minimum atomic E-state index is 0.694. The lowest BCUT2D eigenvalue weighted by molar-refractivity contribution is 0.170. The van der Waals surface area contributed by atoms with Crippen molar-refractivity contribution < 1.29 is 4.74 Å². The van der Waals surface area contributed by atoms with Crippen LogP contribution in [0.25, 0.3) is 0 Å². The average Bonchev–Trinajstić information content (AvgIpc) is 2.86. The van der Waals surface area contributed by atoms with Gasteiger partial charge in [-0.15, -0.1) is 0 Å². The first-order valence-corrected chi connectivity index (χ1v) is 11.9. The van der Waals surface area contributed by atoms with Gasteiger partial charge in [-0.25, -0.2) is 0 Å². The highest BCUT2D eigenvalue weighted by atomic mass is 16.5. The van der Waals surface area contributed by atoms with Crippen LogP contribution in [0.2, 0.25) is 0 Å². The van der Waals surface area contributed by atoms with Crippen molar-refractivity contribution in [2.45, 2.75) is 38.8 Å². The van der Waals surface area contributed by atoms with Gasteiger partial charge in [0.1, 0.15) is 11.5 Å². The van der Waals surface area contributed by atoms with Crippen molar-refractivity contribution in [1.29, 1.82) is 5.26 Å². The molecule has 1 fully saturated rings. The van der Waals surface area contributed by atoms with Gasteiger partial charge in [0.15, 0.2) is 0 Å². The Morgan fingerprint density at radius 3 is 2.15 bits per heavy atom. The van der Waals surface area contributed by atoms with Crippen LogP contribution in [0.4, 0.5) is 0 Å². The molecule has 4 nitrogen and oxygen atoms in total. The van der Waals surface area contributed by atoms with Gasteiger partial charge in [-0.2, -0.15) is 5.26 Å². The number of ether oxygens (including phenoxy) is 1. The largest absolute Gasteiger partial charge is 0.457 e. The van der Waals surface area contributed by atoms with E-state index in [1.54, 1.807) is 0 Å². The summed E-state index contributed by atoms with van der Waals surface area (Å²) in [6, 6.07) is 28.5. The van der Waals surface area contributed by atoms with E-state index in [0.29, 0.717) is 17.4 Å². The molecule has 0 atom stereocenters. The fraction of sp³-hybridized carbons (Fsp3) is 0.345. The van der Waals surface area contributed by atoms with Crippen LogP contribution in [0.5, 0.6) is 11.5 Å². The molecule has 1 saturated carbocycles. The van der Waals surface area contributed by atoms with E-state index in [0.717, 1.165) is 37.7 Å². The third-order valence-corrected chi connectivity index (χ3v) is 6.59. The Labute approximate surface area is 197 Å². The van der Waals surface area contributed by atoms with Crippen molar-refractivity contribution in [3.8, 4) is 17.6 Å². The van der Waals surface area contributed by atoms with Crippen LogP contribution in [0, 0.1) is 23.2 Å². The molecule has 1 aliphatic rings. The first-order chi connectivity index (χ1) is 16.2. The molecule has 0 bridgehead atoms. The van der Waals surface area contributed by atoms with Gasteiger partial charge < -0.3 is 10.5 Å². The van der Waals surface area contributed by atoms with E-state index in [9.17, 15) is 0 Å². The summed E-state index contributed by atoms with van der Waals surface area (Å²) >= 11 is 0. The van der Waals surface area contributed by atoms with Crippen LogP contribution in [-0.4, -0.2) is 18.0 Å². The van der Waals surface area contributed by atoms with Crippen LogP contribution in [0.15, 0.2) is 78.9 Å². The van der Waals surface area contributed by atoms with Crippen molar-refractivity contribution in [3.05, 3.63) is 95.6 Å². The van der Waals surface area contributed by atoms with Gasteiger partial charge in [0, 0.05) is 19.6 Å². The molecule has 0 unspecified atom stereocenters. The molecule has 4 rings (SSSR count). The first kappa shape index (κ1) is 23.0. The molecule has 1 aliphatic carbocycles. The van der Waals surface area contributed by atoms with E-state index >= 15 is 0 Å². The predicted octanol–water partition coefficient (Wildman–Crippen LogP) is 6.12. The van der Waals surface area contributed by atoms with Gasteiger partial charge in [0.25, 0.3) is 0 Å². The number of nitrogens with two attached hydrogens (primary N) is 1. The number of para-hydroxylation sites is 1. The quantitative estimate of drug-likeness (QED) is 0.436. The number of benzene rings is 3. The lowest BCUT2D eigenvalue weighted by Crippen LogP contribution is -2.32. The molecule has 33 heavy (non-hydrogen) atoms. The van der Waals surface area contributed by atoms with Crippen LogP contribution in [0.3, 0.4) is 0 Å². The molecule has 0 spiro atoms. The molecule has 170 valence electrons. The molecule has 3 aromatic carbocycles. The zero-order chi connectivity index (χ0) is 22.9. The Bertz CT molecular complexity index is 1030. The van der Waals surface area contributed by atoms with E-state index in [1.165, 1.54) is 36.8 Å². The number of nitriles is 1. The molecule has 0 radical (unpaired) electrons. The van der Waals surface area contributed by atoms with Gasteiger partial charge in [0.05, 0.1) is 11.6 Å². The number of nitrogens with zero attached hydrogens (tertiary/aromatic N) is 2. The number of rotatable bonds is 9. The fourth-order valence-corrected chi connectivity index (χ4v) is 4.73. The van der Waals surface area contributed by atoms with Gasteiger partial charge in [0.2, 0.25) is 0 Å². The van der Waals surface area contributed by atoms with Gasteiger partial charge >= 0.3 is 0 Å². The molecule has 4 heteroatoms. The van der Waals surface area contributed by atoms with Gasteiger partial charge in [-0.05, 0) is 91.6 Å². The Balaban J connectivity index is 1.46. The second-order valence-corrected chi connectivity index (χ2v) is 9.16. The highest BCUT2D eigenvalue weighted by Gasteiger charge is 2.22. The molecule has 3 aromatic rings. The molecular weight excluding hydrogens is 406 g/mol. The Morgan fingerprint density at radius 2 is 1.45 bits per heavy atom. The second kappa shape index (κ2) is 11.7. The predicted molar refractivity (Wildman–Crippen MR) is 133 cm³/mol. The summed E-state index contributed by atoms with van der Waals surface area (Å²) < 4.78 is 6.06. The van der Waals surface area contributed by atoms with Crippen molar-refractivity contribution in [1.82, 2.24) is 4.90 Å². The monoisotopic (exact) mass is 439 g/mol. The smallest absolute Gasteiger partial charge is 0.127 e. The maximum Gasteiger partial charge on any atom is 0.127 e. The molecule has 0 aromatic heterocycles. The van der Waals surface area contributed by atoms with E-state index in [-0.39, 0.29) is 0 Å². The van der Waals surface area contributed by atoms with Gasteiger partial charge in [-0.3, -0.25) is 4.90 Å². The normalized spacial score (nSPS) is 18.1. The molecule has 0 saturated heterocycles. The minimum Gasteiger partial charge on any atom is -0.457 e. The van der Waals surface area contributed by atoms with Crippen LogP contribution < -0.4 is 10.5 Å². The fourth-order valence-electron chi connectivity index (χ4n) is 4.73. The summed E-state index contributed by atoms with van der Waals surface area (Å²) in [4.78, 5) is 2.54. The maximum absolute atomic E-state index is 9.11.